The molecule has 22 heavy (non-hydrogen) atoms. The number of benzene rings is 1. The fourth-order valence-electron chi connectivity index (χ4n) is 2.46. The lowest BCUT2D eigenvalue weighted by atomic mass is 10.1. The predicted molar refractivity (Wildman–Crippen MR) is 88.4 cm³/mol. The summed E-state index contributed by atoms with van der Waals surface area (Å²) in [5, 5.41) is 0.488. The first-order valence-electron chi connectivity index (χ1n) is 8.34. The second kappa shape index (κ2) is 9.23. The van der Waals surface area contributed by atoms with Crippen LogP contribution >= 0.6 is 0 Å². The van der Waals surface area contributed by atoms with Gasteiger partial charge in [0.05, 0.1) is 17.5 Å². The monoisotopic (exact) mass is 303 g/mol. The van der Waals surface area contributed by atoms with E-state index in [1.807, 2.05) is 6.07 Å². The van der Waals surface area contributed by atoms with Gasteiger partial charge in [-0.15, -0.1) is 0 Å². The highest BCUT2D eigenvalue weighted by Crippen LogP contribution is 2.13. The molecule has 0 aliphatic rings. The number of nitrogens with zero attached hydrogens (tertiary/aromatic N) is 1. The van der Waals surface area contributed by atoms with Crippen molar-refractivity contribution in [2.45, 2.75) is 58.3 Å². The van der Waals surface area contributed by atoms with E-state index >= 15 is 0 Å². The smallest absolute Gasteiger partial charge is 0.397 e. The Labute approximate surface area is 131 Å². The van der Waals surface area contributed by atoms with Gasteiger partial charge in [-0.1, -0.05) is 64.0 Å². The van der Waals surface area contributed by atoms with Gasteiger partial charge in [0.2, 0.25) is 0 Å². The van der Waals surface area contributed by atoms with Gasteiger partial charge < -0.3 is 9.15 Å². The number of aromatic nitrogens is 1. The third-order valence-corrected chi connectivity index (χ3v) is 3.74. The van der Waals surface area contributed by atoms with Crippen molar-refractivity contribution < 1.29 is 9.15 Å². The highest BCUT2D eigenvalue weighted by atomic mass is 16.6. The van der Waals surface area contributed by atoms with Crippen LogP contribution in [0.4, 0.5) is 0 Å². The standard InChI is InChI=1S/C18H25NO3/c1-2-3-4-5-6-7-8-11-14-21-18-19-16-13-10-9-12-15(16)17(20)22-18/h9-10,12-13H,2-8,11,14H2,1H3. The maximum atomic E-state index is 11.8. The molecule has 0 bridgehead atoms. The van der Waals surface area contributed by atoms with Gasteiger partial charge in [0.25, 0.3) is 0 Å². The quantitative estimate of drug-likeness (QED) is 0.597. The van der Waals surface area contributed by atoms with Crippen LogP contribution in [0, 0.1) is 0 Å². The maximum Gasteiger partial charge on any atom is 0.397 e. The summed E-state index contributed by atoms with van der Waals surface area (Å²) in [6, 6.07) is 7.13. The third kappa shape index (κ3) is 5.17. The van der Waals surface area contributed by atoms with E-state index < -0.39 is 5.63 Å². The zero-order valence-corrected chi connectivity index (χ0v) is 13.3. The van der Waals surface area contributed by atoms with Gasteiger partial charge in [-0.25, -0.2) is 4.79 Å². The third-order valence-electron chi connectivity index (χ3n) is 3.74. The van der Waals surface area contributed by atoms with E-state index in [4.69, 9.17) is 9.15 Å². The summed E-state index contributed by atoms with van der Waals surface area (Å²) in [6.07, 6.45) is 10.0. The maximum absolute atomic E-state index is 11.8. The second-order valence-corrected chi connectivity index (χ2v) is 5.61. The molecule has 2 rings (SSSR count). The van der Waals surface area contributed by atoms with Crippen LogP contribution in [-0.2, 0) is 0 Å². The van der Waals surface area contributed by atoms with Crippen LogP contribution in [0.1, 0.15) is 58.3 Å². The number of para-hydroxylation sites is 1. The molecule has 0 saturated heterocycles. The fourth-order valence-corrected chi connectivity index (χ4v) is 2.46. The fraction of sp³-hybridized carbons (Fsp3) is 0.556. The molecule has 2 aromatic rings. The Bertz CT molecular complexity index is 621. The predicted octanol–water partition coefficient (Wildman–Crippen LogP) is 4.71. The SMILES string of the molecule is CCCCCCCCCCOc1nc2ccccc2c(=O)o1. The molecule has 4 nitrogen and oxygen atoms in total. The molecule has 0 saturated carbocycles. The average Bonchev–Trinajstić information content (AvgIpc) is 2.53. The average molecular weight is 303 g/mol. The highest BCUT2D eigenvalue weighted by Gasteiger charge is 2.06. The molecule has 0 aliphatic carbocycles. The van der Waals surface area contributed by atoms with Crippen molar-refractivity contribution in [1.82, 2.24) is 4.98 Å². The molecule has 1 heterocycles. The summed E-state index contributed by atoms with van der Waals surface area (Å²) >= 11 is 0. The van der Waals surface area contributed by atoms with E-state index in [9.17, 15) is 4.79 Å². The number of unbranched alkanes of at least 4 members (excludes halogenated alkanes) is 7. The molecule has 4 heteroatoms. The molecular formula is C18H25NO3. The van der Waals surface area contributed by atoms with Gasteiger partial charge in [0.1, 0.15) is 0 Å². The summed E-state index contributed by atoms with van der Waals surface area (Å²) in [4.78, 5) is 16.0. The summed E-state index contributed by atoms with van der Waals surface area (Å²) in [6.45, 7) is 2.78. The van der Waals surface area contributed by atoms with E-state index in [0.717, 1.165) is 12.8 Å². The van der Waals surface area contributed by atoms with Crippen LogP contribution in [0.25, 0.3) is 10.9 Å². The molecule has 1 aromatic heterocycles. The highest BCUT2D eigenvalue weighted by molar-refractivity contribution is 5.76. The van der Waals surface area contributed by atoms with E-state index in [-0.39, 0.29) is 6.08 Å². The van der Waals surface area contributed by atoms with Gasteiger partial charge in [-0.3, -0.25) is 0 Å². The molecule has 0 aliphatic heterocycles. The minimum absolute atomic E-state index is 0.0756. The van der Waals surface area contributed by atoms with Gasteiger partial charge in [0.15, 0.2) is 0 Å². The molecule has 0 fully saturated rings. The zero-order chi connectivity index (χ0) is 15.6. The number of rotatable bonds is 10. The van der Waals surface area contributed by atoms with E-state index in [2.05, 4.69) is 11.9 Å². The number of hydrogen-bond acceptors (Lipinski definition) is 4. The minimum atomic E-state index is -0.392. The molecular weight excluding hydrogens is 278 g/mol. The lowest BCUT2D eigenvalue weighted by Crippen LogP contribution is -2.06. The Morgan fingerprint density at radius 1 is 1.00 bits per heavy atom. The molecule has 0 unspecified atom stereocenters. The van der Waals surface area contributed by atoms with Crippen molar-refractivity contribution >= 4 is 10.9 Å². The van der Waals surface area contributed by atoms with Gasteiger partial charge in [-0.2, -0.15) is 4.98 Å². The molecule has 0 amide bonds. The van der Waals surface area contributed by atoms with Crippen LogP contribution < -0.4 is 10.4 Å². The lowest BCUT2D eigenvalue weighted by Gasteiger charge is -2.04. The Morgan fingerprint density at radius 2 is 1.68 bits per heavy atom. The second-order valence-electron chi connectivity index (χ2n) is 5.61. The number of ether oxygens (including phenoxy) is 1. The van der Waals surface area contributed by atoms with Crippen LogP contribution in [-0.4, -0.2) is 11.6 Å². The number of hydrogen-bond donors (Lipinski definition) is 0. The van der Waals surface area contributed by atoms with E-state index in [0.29, 0.717) is 17.5 Å². The Morgan fingerprint density at radius 3 is 2.45 bits per heavy atom. The van der Waals surface area contributed by atoms with Crippen LogP contribution in [0.3, 0.4) is 0 Å². The summed E-state index contributed by atoms with van der Waals surface area (Å²) < 4.78 is 10.5. The van der Waals surface area contributed by atoms with Crippen molar-refractivity contribution in [1.29, 1.82) is 0 Å². The van der Waals surface area contributed by atoms with Gasteiger partial charge in [-0.05, 0) is 18.6 Å². The van der Waals surface area contributed by atoms with E-state index in [1.165, 1.54) is 38.5 Å². The van der Waals surface area contributed by atoms with Crippen LogP contribution in [0.15, 0.2) is 33.5 Å². The Balaban J connectivity index is 1.68. The van der Waals surface area contributed by atoms with Gasteiger partial charge in [0, 0.05) is 0 Å². The van der Waals surface area contributed by atoms with Crippen molar-refractivity contribution in [2.75, 3.05) is 6.61 Å². The van der Waals surface area contributed by atoms with Crippen LogP contribution in [0.2, 0.25) is 0 Å². The molecule has 0 radical (unpaired) electrons. The topological polar surface area (TPSA) is 52.3 Å². The first-order chi connectivity index (χ1) is 10.8. The molecule has 120 valence electrons. The summed E-state index contributed by atoms with van der Waals surface area (Å²) in [5.74, 6) is 0. The summed E-state index contributed by atoms with van der Waals surface area (Å²) in [7, 11) is 0. The van der Waals surface area contributed by atoms with Crippen molar-refractivity contribution in [3.05, 3.63) is 34.7 Å². The number of fused-ring (bicyclic) bond motifs is 1. The largest absolute Gasteiger partial charge is 0.450 e. The molecule has 0 spiro atoms. The zero-order valence-electron chi connectivity index (χ0n) is 13.3. The normalized spacial score (nSPS) is 11.0. The molecule has 0 atom stereocenters. The van der Waals surface area contributed by atoms with Crippen molar-refractivity contribution in [3.63, 3.8) is 0 Å². The Hall–Kier alpha value is -1.84. The molecule has 0 N–H and O–H groups in total. The first kappa shape index (κ1) is 16.5. The first-order valence-corrected chi connectivity index (χ1v) is 8.34. The lowest BCUT2D eigenvalue weighted by molar-refractivity contribution is 0.211. The Kier molecular flexibility index (Phi) is 6.94. The van der Waals surface area contributed by atoms with E-state index in [1.54, 1.807) is 18.2 Å². The van der Waals surface area contributed by atoms with Gasteiger partial charge >= 0.3 is 11.7 Å². The molecule has 1 aromatic carbocycles. The van der Waals surface area contributed by atoms with Crippen molar-refractivity contribution in [3.8, 4) is 6.08 Å². The summed E-state index contributed by atoms with van der Waals surface area (Å²) in [5.41, 5.74) is 0.223. The minimum Gasteiger partial charge on any atom is -0.450 e. The van der Waals surface area contributed by atoms with Crippen LogP contribution in [0.5, 0.6) is 6.08 Å². The van der Waals surface area contributed by atoms with Crippen molar-refractivity contribution in [2.24, 2.45) is 0 Å².